The molecule has 2 atom stereocenters. The minimum absolute atomic E-state index is 0.0751. The van der Waals surface area contributed by atoms with E-state index in [0.29, 0.717) is 26.1 Å². The predicted molar refractivity (Wildman–Crippen MR) is 109 cm³/mol. The molecule has 3 rings (SSSR count). The summed E-state index contributed by atoms with van der Waals surface area (Å²) < 4.78 is 63.8. The number of carbonyl (C=O) groups is 1. The van der Waals surface area contributed by atoms with Crippen molar-refractivity contribution in [2.75, 3.05) is 46.1 Å². The minimum Gasteiger partial charge on any atom is -0.390 e. The molecule has 2 saturated heterocycles. The van der Waals surface area contributed by atoms with Gasteiger partial charge in [0.05, 0.1) is 36.2 Å². The highest BCUT2D eigenvalue weighted by Gasteiger charge is 2.50. The van der Waals surface area contributed by atoms with Crippen LogP contribution in [0, 0.1) is 5.92 Å². The first kappa shape index (κ1) is 24.2. The number of halogens is 2. The zero-order valence-corrected chi connectivity index (χ0v) is 18.6. The number of nitrogens with zero attached hydrogens (tertiary/aromatic N) is 2. The molecular weight excluding hydrogens is 434 g/mol. The Balaban J connectivity index is 1.85. The van der Waals surface area contributed by atoms with Gasteiger partial charge in [0, 0.05) is 25.7 Å². The van der Waals surface area contributed by atoms with Gasteiger partial charge >= 0.3 is 0 Å². The summed E-state index contributed by atoms with van der Waals surface area (Å²) in [5, 5.41) is 10.1. The Kier molecular flexibility index (Phi) is 7.21. The Morgan fingerprint density at radius 2 is 1.94 bits per heavy atom. The molecule has 0 spiro atoms. The van der Waals surface area contributed by atoms with Crippen LogP contribution in [-0.2, 0) is 24.3 Å². The summed E-state index contributed by atoms with van der Waals surface area (Å²) in [6.07, 6.45) is 5.34. The van der Waals surface area contributed by atoms with Crippen LogP contribution in [0.5, 0.6) is 0 Å². The average Bonchev–Trinajstić information content (AvgIpc) is 2.67. The second-order valence-electron chi connectivity index (χ2n) is 8.84. The monoisotopic (exact) mass is 464 g/mol. The molecule has 11 heteroatoms. The number of hydrogen-bond donors (Lipinski definition) is 1. The molecule has 2 unspecified atom stereocenters. The highest BCUT2D eigenvalue weighted by atomic mass is 32.2. The minimum atomic E-state index is -4.05. The third kappa shape index (κ3) is 6.10. The number of amides is 1. The van der Waals surface area contributed by atoms with Crippen molar-refractivity contribution in [1.82, 2.24) is 9.21 Å². The van der Waals surface area contributed by atoms with Crippen molar-refractivity contribution in [3.8, 4) is 0 Å². The van der Waals surface area contributed by atoms with E-state index in [1.165, 1.54) is 12.2 Å². The number of aliphatic hydroxyl groups is 1. The van der Waals surface area contributed by atoms with Crippen LogP contribution in [0.2, 0.25) is 0 Å². The van der Waals surface area contributed by atoms with Gasteiger partial charge in [-0.15, -0.1) is 0 Å². The molecule has 176 valence electrons. The summed E-state index contributed by atoms with van der Waals surface area (Å²) in [4.78, 5) is 14.3. The molecule has 0 saturated carbocycles. The predicted octanol–water partition coefficient (Wildman–Crippen LogP) is 1.13. The quantitative estimate of drug-likeness (QED) is 0.655. The van der Waals surface area contributed by atoms with E-state index in [-0.39, 0.29) is 30.6 Å². The van der Waals surface area contributed by atoms with Crippen molar-refractivity contribution in [2.45, 2.75) is 44.3 Å². The maximum Gasteiger partial charge on any atom is 0.275 e. The molecule has 0 aromatic rings. The molecule has 31 heavy (non-hydrogen) atoms. The lowest BCUT2D eigenvalue weighted by Gasteiger charge is -2.40. The lowest BCUT2D eigenvalue weighted by atomic mass is 9.93. The molecule has 0 radical (unpaired) electrons. The fourth-order valence-corrected chi connectivity index (χ4v) is 5.32. The number of carbonyl (C=O) groups excluding carboxylic acids is 1. The van der Waals surface area contributed by atoms with Crippen LogP contribution >= 0.6 is 0 Å². The molecule has 2 fully saturated rings. The zero-order valence-electron chi connectivity index (χ0n) is 17.8. The summed E-state index contributed by atoms with van der Waals surface area (Å²) in [7, 11) is -4.05. The van der Waals surface area contributed by atoms with Gasteiger partial charge in [-0.3, -0.25) is 4.79 Å². The molecule has 0 aromatic carbocycles. The molecule has 1 amide bonds. The second-order valence-corrected chi connectivity index (χ2v) is 10.8. The van der Waals surface area contributed by atoms with Crippen LogP contribution in [0.1, 0.15) is 26.7 Å². The Morgan fingerprint density at radius 1 is 1.26 bits per heavy atom. The van der Waals surface area contributed by atoms with Gasteiger partial charge in [-0.05, 0) is 32.8 Å². The summed E-state index contributed by atoms with van der Waals surface area (Å²) >= 11 is 0. The van der Waals surface area contributed by atoms with Gasteiger partial charge in [0.1, 0.15) is 6.61 Å². The summed E-state index contributed by atoms with van der Waals surface area (Å²) in [6.45, 7) is 2.64. The van der Waals surface area contributed by atoms with Crippen molar-refractivity contribution >= 4 is 15.9 Å². The van der Waals surface area contributed by atoms with E-state index in [1.54, 1.807) is 24.8 Å². The van der Waals surface area contributed by atoms with Gasteiger partial charge < -0.3 is 19.5 Å². The molecule has 1 aliphatic carbocycles. The lowest BCUT2D eigenvalue weighted by molar-refractivity contribution is -0.139. The first-order valence-electron chi connectivity index (χ1n) is 10.3. The summed E-state index contributed by atoms with van der Waals surface area (Å²) in [6, 6.07) is -0.506. The smallest absolute Gasteiger partial charge is 0.275 e. The summed E-state index contributed by atoms with van der Waals surface area (Å²) in [5.74, 6) is -3.76. The Hall–Kier alpha value is -1.40. The third-order valence-electron chi connectivity index (χ3n) is 5.49. The molecule has 2 aliphatic heterocycles. The fraction of sp³-hybridized carbons (Fsp3) is 0.750. The molecule has 1 N–H and O–H groups in total. The summed E-state index contributed by atoms with van der Waals surface area (Å²) in [5.41, 5.74) is -0.995. The molecule has 0 aromatic heterocycles. The highest BCUT2D eigenvalue weighted by molar-refractivity contribution is 7.93. The lowest BCUT2D eigenvalue weighted by Crippen LogP contribution is -2.58. The SMILES string of the molecule is CC(C)(O)CCN1C(=O)COCCCOCC2C=C(S(=O)(=O)N3CC(F)(F)C3)C=CC21. The van der Waals surface area contributed by atoms with Crippen LogP contribution in [0.15, 0.2) is 23.1 Å². The van der Waals surface area contributed by atoms with E-state index in [0.717, 1.165) is 4.31 Å². The maximum absolute atomic E-state index is 13.2. The molecule has 2 heterocycles. The number of sulfonamides is 1. The molecule has 8 nitrogen and oxygen atoms in total. The van der Waals surface area contributed by atoms with Crippen molar-refractivity contribution in [1.29, 1.82) is 0 Å². The van der Waals surface area contributed by atoms with Gasteiger partial charge in [0.15, 0.2) is 0 Å². The van der Waals surface area contributed by atoms with E-state index in [1.807, 2.05) is 0 Å². The molecule has 3 aliphatic rings. The molecule has 0 bridgehead atoms. The van der Waals surface area contributed by atoms with Gasteiger partial charge in [-0.1, -0.05) is 12.2 Å². The first-order chi connectivity index (χ1) is 14.4. The van der Waals surface area contributed by atoms with E-state index >= 15 is 0 Å². The number of ether oxygens (including phenoxy) is 2. The van der Waals surface area contributed by atoms with Crippen LogP contribution in [0.4, 0.5) is 8.78 Å². The van der Waals surface area contributed by atoms with Crippen LogP contribution in [-0.4, -0.2) is 92.3 Å². The third-order valence-corrected chi connectivity index (χ3v) is 7.29. The van der Waals surface area contributed by atoms with Gasteiger partial charge in [0.2, 0.25) is 15.9 Å². The number of rotatable bonds is 5. The Bertz CT molecular complexity index is 829. The van der Waals surface area contributed by atoms with E-state index in [9.17, 15) is 27.1 Å². The van der Waals surface area contributed by atoms with E-state index < -0.39 is 46.6 Å². The average molecular weight is 465 g/mol. The Labute approximate surface area is 181 Å². The largest absolute Gasteiger partial charge is 0.390 e. The number of fused-ring (bicyclic) bond motifs is 1. The zero-order chi connectivity index (χ0) is 22.9. The van der Waals surface area contributed by atoms with Gasteiger partial charge in [-0.25, -0.2) is 17.2 Å². The van der Waals surface area contributed by atoms with Crippen LogP contribution in [0.25, 0.3) is 0 Å². The number of hydrogen-bond acceptors (Lipinski definition) is 6. The van der Waals surface area contributed by atoms with Gasteiger partial charge in [-0.2, -0.15) is 4.31 Å². The maximum atomic E-state index is 13.2. The second kappa shape index (κ2) is 9.22. The fourth-order valence-electron chi connectivity index (χ4n) is 3.70. The number of allylic oxidation sites excluding steroid dienone is 1. The highest BCUT2D eigenvalue weighted by Crippen LogP contribution is 2.34. The topological polar surface area (TPSA) is 96.4 Å². The van der Waals surface area contributed by atoms with Crippen LogP contribution < -0.4 is 0 Å². The van der Waals surface area contributed by atoms with Crippen molar-refractivity contribution in [2.24, 2.45) is 5.92 Å². The number of alkyl halides is 2. The first-order valence-corrected chi connectivity index (χ1v) is 11.8. The van der Waals surface area contributed by atoms with E-state index in [4.69, 9.17) is 9.47 Å². The van der Waals surface area contributed by atoms with Crippen molar-refractivity contribution < 1.29 is 36.6 Å². The van der Waals surface area contributed by atoms with E-state index in [2.05, 4.69) is 0 Å². The van der Waals surface area contributed by atoms with Gasteiger partial charge in [0.25, 0.3) is 5.92 Å². The molecular formula is C20H30F2N2O6S. The Morgan fingerprint density at radius 3 is 2.58 bits per heavy atom. The van der Waals surface area contributed by atoms with Crippen molar-refractivity contribution in [3.63, 3.8) is 0 Å². The standard InChI is InChI=1S/C20H30F2N2O6S/c1-19(2,26)6-7-24-17-5-4-16(31(27,28)23-13-20(21,22)14-23)10-15(17)11-29-8-3-9-30-12-18(24)25/h4-5,10,15,17,26H,3,6-9,11-14H2,1-2H3. The normalized spacial score (nSPS) is 28.4. The van der Waals surface area contributed by atoms with Crippen molar-refractivity contribution in [3.05, 3.63) is 23.1 Å². The van der Waals surface area contributed by atoms with Crippen LogP contribution in [0.3, 0.4) is 0 Å².